The van der Waals surface area contributed by atoms with Gasteiger partial charge in [-0.1, -0.05) is 13.7 Å². The Morgan fingerprint density at radius 2 is 2.89 bits per heavy atom. The van der Waals surface area contributed by atoms with Crippen molar-refractivity contribution in [2.24, 2.45) is 5.89 Å². The van der Waals surface area contributed by atoms with Crippen molar-refractivity contribution >= 4 is 0 Å². The summed E-state index contributed by atoms with van der Waals surface area (Å²) in [5, 5.41) is 3.75. The van der Waals surface area contributed by atoms with Crippen molar-refractivity contribution in [2.45, 2.75) is 19.7 Å². The average Bonchev–Trinajstić information content (AvgIpc) is 2.19. The van der Waals surface area contributed by atoms with Crippen LogP contribution in [0.25, 0.3) is 0 Å². The second kappa shape index (κ2) is 3.18. The Bertz CT molecular complexity index is 397. The van der Waals surface area contributed by atoms with Crippen LogP contribution >= 0.6 is 0 Å². The van der Waals surface area contributed by atoms with Gasteiger partial charge >= 0.3 is 0 Å². The number of hydrogen-bond acceptors (Lipinski definition) is 2. The molecule has 2 heteroatoms. The molecule has 1 rings (SSSR count). The summed E-state index contributed by atoms with van der Waals surface area (Å²) in [6, 6.07) is -3.28. The van der Waals surface area contributed by atoms with Crippen LogP contribution in [-0.2, 0) is 0 Å². The highest BCUT2D eigenvalue weighted by Crippen LogP contribution is 2.00. The minimum Gasteiger partial charge on any atom is -0.314 e. The molecule has 1 aliphatic rings. The number of rotatable bonds is 1. The Morgan fingerprint density at radius 1 is 2.00 bits per heavy atom. The molecule has 2 N–H and O–H groups in total. The molecule has 2 nitrogen and oxygen atoms in total. The molecule has 0 unspecified atom stereocenters. The van der Waals surface area contributed by atoms with Gasteiger partial charge in [-0.05, 0) is 5.89 Å². The maximum Gasteiger partial charge on any atom is 0.0481 e. The predicted octanol–water partition coefficient (Wildman–Crippen LogP) is 0.204. The Labute approximate surface area is 73.9 Å². The van der Waals surface area contributed by atoms with Crippen LogP contribution in [0.1, 0.15) is 30.2 Å². The van der Waals surface area contributed by atoms with E-state index in [9.17, 15) is 0 Å². The third kappa shape index (κ3) is 1.95. The van der Waals surface area contributed by atoms with E-state index >= 15 is 0 Å². The van der Waals surface area contributed by atoms with Crippen LogP contribution in [-0.4, -0.2) is 25.6 Å². The third-order valence-electron chi connectivity index (χ3n) is 0.854. The SMILES string of the molecule is [2H]C1([2H])CNC([2H])([2H])[C@@]([2H])(C([2H])(C([2H])([2H])[2H])C([2H])([2H])[2H])N1. The lowest BCUT2D eigenvalue weighted by atomic mass is 10.0. The monoisotopic (exact) mass is 140 g/mol. The normalized spacial score (nSPS) is 72.0. The molecule has 1 aliphatic heterocycles. The second-order valence-corrected chi connectivity index (χ2v) is 1.53. The van der Waals surface area contributed by atoms with Crippen LogP contribution in [0.15, 0.2) is 0 Å². The smallest absolute Gasteiger partial charge is 0.0481 e. The van der Waals surface area contributed by atoms with Gasteiger partial charge in [0.2, 0.25) is 0 Å². The summed E-state index contributed by atoms with van der Waals surface area (Å²) in [7, 11) is 0. The first-order valence-corrected chi connectivity index (χ1v) is 2.46. The van der Waals surface area contributed by atoms with Gasteiger partial charge in [-0.2, -0.15) is 0 Å². The van der Waals surface area contributed by atoms with E-state index in [2.05, 4.69) is 0 Å². The van der Waals surface area contributed by atoms with E-state index in [1.165, 1.54) is 0 Å². The molecule has 0 amide bonds. The molecule has 0 aromatic heterocycles. The van der Waals surface area contributed by atoms with Crippen LogP contribution in [0.5, 0.6) is 0 Å². The Hall–Kier alpha value is -0.0800. The lowest BCUT2D eigenvalue weighted by Gasteiger charge is -2.27. The van der Waals surface area contributed by atoms with E-state index < -0.39 is 45.2 Å². The van der Waals surface area contributed by atoms with Gasteiger partial charge in [0.05, 0.1) is 0 Å². The second-order valence-electron chi connectivity index (χ2n) is 1.53. The Balaban J connectivity index is 3.60. The summed E-state index contributed by atoms with van der Waals surface area (Å²) in [6.45, 7) is -13.1. The molecule has 1 heterocycles. The van der Waals surface area contributed by atoms with E-state index in [4.69, 9.17) is 16.4 Å². The van der Waals surface area contributed by atoms with Crippen molar-refractivity contribution in [3.05, 3.63) is 0 Å². The quantitative estimate of drug-likeness (QED) is 0.544. The Kier molecular flexibility index (Phi) is 0.452. The maximum atomic E-state index is 8.05. The van der Waals surface area contributed by atoms with Gasteiger partial charge in [-0.25, -0.2) is 0 Å². The minimum absolute atomic E-state index is 0.612. The maximum absolute atomic E-state index is 8.05. The standard InChI is InChI=1S/C7H16N2/c1-6(2)7-5-8-3-4-9-7/h6-9H,3-5H2,1-2H3/t7-/m0/s1/i1D3,2D3,4D2,5D2,6D,7D. The van der Waals surface area contributed by atoms with Gasteiger partial charge in [-0.3, -0.25) is 0 Å². The predicted molar refractivity (Wildman–Crippen MR) is 39.5 cm³/mol. The van der Waals surface area contributed by atoms with E-state index in [1.807, 2.05) is 5.32 Å². The molecule has 0 aromatic rings. The lowest BCUT2D eigenvalue weighted by molar-refractivity contribution is 0.342. The molecule has 54 valence electrons. The number of nitrogens with one attached hydrogen (secondary N) is 2. The zero-order valence-electron chi connectivity index (χ0n) is 16.7. The fraction of sp³-hybridized carbons (Fsp3) is 1.00. The summed E-state index contributed by atoms with van der Waals surface area (Å²) < 4.78 is 90.3. The molecule has 0 aromatic carbocycles. The van der Waals surface area contributed by atoms with E-state index in [0.29, 0.717) is 0 Å². The number of hydrogen-bond donors (Lipinski definition) is 2. The van der Waals surface area contributed by atoms with Gasteiger partial charge in [0.25, 0.3) is 0 Å². The zero-order chi connectivity index (χ0) is 17.1. The summed E-state index contributed by atoms with van der Waals surface area (Å²) >= 11 is 0. The summed E-state index contributed by atoms with van der Waals surface area (Å²) in [5.41, 5.74) is 0. The van der Waals surface area contributed by atoms with Gasteiger partial charge in [0.1, 0.15) is 0 Å². The Morgan fingerprint density at radius 3 is 3.67 bits per heavy atom. The van der Waals surface area contributed by atoms with Crippen LogP contribution in [0.2, 0.25) is 0 Å². The van der Waals surface area contributed by atoms with Crippen molar-refractivity contribution in [2.75, 3.05) is 19.5 Å². The molecule has 0 saturated carbocycles. The van der Waals surface area contributed by atoms with E-state index in [1.54, 1.807) is 5.32 Å². The van der Waals surface area contributed by atoms with Crippen molar-refractivity contribution in [1.82, 2.24) is 10.6 Å². The summed E-state index contributed by atoms with van der Waals surface area (Å²) in [5.74, 6) is -3.60. The third-order valence-corrected chi connectivity index (χ3v) is 0.854. The molecule has 0 bridgehead atoms. The molecule has 1 fully saturated rings. The van der Waals surface area contributed by atoms with Crippen molar-refractivity contribution in [1.29, 1.82) is 0 Å². The van der Waals surface area contributed by atoms with Crippen molar-refractivity contribution in [3.63, 3.8) is 0 Å². The topological polar surface area (TPSA) is 24.1 Å². The first-order chi connectivity index (χ1) is 8.91. The highest BCUT2D eigenvalue weighted by Gasteiger charge is 2.14. The average molecular weight is 140 g/mol. The van der Waals surface area contributed by atoms with Crippen molar-refractivity contribution in [3.8, 4) is 0 Å². The highest BCUT2D eigenvalue weighted by molar-refractivity contribution is 4.77. The van der Waals surface area contributed by atoms with Crippen LogP contribution in [0.4, 0.5) is 0 Å². The first-order valence-electron chi connectivity index (χ1n) is 8.46. The molecular weight excluding hydrogens is 112 g/mol. The lowest BCUT2D eigenvalue weighted by Crippen LogP contribution is -2.50. The molecule has 1 saturated heterocycles. The fourth-order valence-electron chi connectivity index (χ4n) is 0.466. The van der Waals surface area contributed by atoms with Gasteiger partial charge in [0, 0.05) is 42.0 Å². The molecule has 9 heavy (non-hydrogen) atoms. The molecular formula is C7H16N2. The van der Waals surface area contributed by atoms with Crippen molar-refractivity contribution < 1.29 is 16.4 Å². The summed E-state index contributed by atoms with van der Waals surface area (Å²) in [6.07, 6.45) is 0. The largest absolute Gasteiger partial charge is 0.314 e. The molecule has 1 atom stereocenters. The highest BCUT2D eigenvalue weighted by atomic mass is 15.1. The van der Waals surface area contributed by atoms with E-state index in [0.717, 1.165) is 0 Å². The summed E-state index contributed by atoms with van der Waals surface area (Å²) in [4.78, 5) is 0. The van der Waals surface area contributed by atoms with Gasteiger partial charge in [-0.15, -0.1) is 0 Å². The minimum atomic E-state index is -3.60. The molecule has 0 aliphatic carbocycles. The van der Waals surface area contributed by atoms with Crippen LogP contribution in [0, 0.1) is 5.89 Å². The van der Waals surface area contributed by atoms with Gasteiger partial charge in [0.15, 0.2) is 0 Å². The number of piperazine rings is 1. The molecule has 0 radical (unpaired) electrons. The fourth-order valence-corrected chi connectivity index (χ4v) is 0.466. The van der Waals surface area contributed by atoms with Gasteiger partial charge < -0.3 is 10.6 Å². The molecule has 0 spiro atoms. The zero-order valence-corrected chi connectivity index (χ0v) is 4.71. The van der Waals surface area contributed by atoms with Crippen LogP contribution in [0.3, 0.4) is 0 Å². The van der Waals surface area contributed by atoms with E-state index in [-0.39, 0.29) is 0 Å². The first kappa shape index (κ1) is 1.28. The van der Waals surface area contributed by atoms with Crippen LogP contribution < -0.4 is 10.6 Å².